The van der Waals surface area contributed by atoms with E-state index in [2.05, 4.69) is 18.8 Å². The van der Waals surface area contributed by atoms with Gasteiger partial charge in [0.1, 0.15) is 22.0 Å². The van der Waals surface area contributed by atoms with E-state index in [1.54, 1.807) is 44.2 Å². The Labute approximate surface area is 172 Å². The van der Waals surface area contributed by atoms with Crippen LogP contribution in [0.5, 0.6) is 0 Å². The summed E-state index contributed by atoms with van der Waals surface area (Å²) >= 11 is 7.04. The molecule has 148 valence electrons. The van der Waals surface area contributed by atoms with Crippen LogP contribution >= 0.6 is 23.3 Å². The fourth-order valence-corrected chi connectivity index (χ4v) is 4.97. The second kappa shape index (κ2) is 8.52. The van der Waals surface area contributed by atoms with Crippen LogP contribution in [0.25, 0.3) is 11.0 Å². The monoisotopic (exact) mass is 438 g/mol. The van der Waals surface area contributed by atoms with E-state index in [0.717, 1.165) is 17.3 Å². The Kier molecular flexibility index (Phi) is 6.29. The average molecular weight is 439 g/mol. The first kappa shape index (κ1) is 20.7. The third kappa shape index (κ3) is 4.49. The van der Waals surface area contributed by atoms with Crippen LogP contribution in [-0.4, -0.2) is 29.1 Å². The third-order valence-corrected chi connectivity index (χ3v) is 6.56. The highest BCUT2D eigenvalue weighted by atomic mass is 35.5. The van der Waals surface area contributed by atoms with Gasteiger partial charge in [0.15, 0.2) is 0 Å². The molecule has 2 N–H and O–H groups in total. The number of sulfonamides is 1. The molecule has 1 atom stereocenters. The van der Waals surface area contributed by atoms with Crippen LogP contribution in [0.15, 0.2) is 47.4 Å². The molecule has 3 rings (SSSR count). The number of nitrogens with one attached hydrogen (secondary N) is 2. The number of hydrogen-bond acceptors (Lipinski definition) is 6. The van der Waals surface area contributed by atoms with Crippen molar-refractivity contribution in [2.45, 2.75) is 31.3 Å². The van der Waals surface area contributed by atoms with E-state index in [9.17, 15) is 13.2 Å². The largest absolute Gasteiger partial charge is 0.351 e. The van der Waals surface area contributed by atoms with Crippen molar-refractivity contribution < 1.29 is 13.2 Å². The summed E-state index contributed by atoms with van der Waals surface area (Å²) in [5, 5.41) is 3.29. The SMILES string of the molecule is CC(C)[C@H](NS(=O)(=O)c1cccc2nsnc12)C(=O)NCc1ccccc1Cl. The Balaban J connectivity index is 1.79. The molecule has 10 heteroatoms. The summed E-state index contributed by atoms with van der Waals surface area (Å²) in [6, 6.07) is 10.9. The number of carbonyl (C=O) groups excluding carboxylic acids is 1. The number of hydrogen-bond donors (Lipinski definition) is 2. The van der Waals surface area contributed by atoms with E-state index in [1.807, 2.05) is 6.07 Å². The number of carbonyl (C=O) groups is 1. The van der Waals surface area contributed by atoms with Gasteiger partial charge in [0.05, 0.1) is 11.7 Å². The molecular weight excluding hydrogens is 420 g/mol. The summed E-state index contributed by atoms with van der Waals surface area (Å²) in [7, 11) is -3.97. The van der Waals surface area contributed by atoms with Crippen LogP contribution in [0, 0.1) is 5.92 Å². The van der Waals surface area contributed by atoms with Gasteiger partial charge in [-0.15, -0.1) is 0 Å². The molecule has 1 aromatic heterocycles. The second-order valence-corrected chi connectivity index (χ2v) is 9.16. The van der Waals surface area contributed by atoms with Gasteiger partial charge in [-0.2, -0.15) is 13.5 Å². The molecule has 0 aliphatic rings. The van der Waals surface area contributed by atoms with E-state index >= 15 is 0 Å². The maximum Gasteiger partial charge on any atom is 0.243 e. The molecule has 0 aliphatic heterocycles. The number of fused-ring (bicyclic) bond motifs is 1. The topological polar surface area (TPSA) is 101 Å². The maximum atomic E-state index is 12.9. The number of rotatable bonds is 7. The maximum absolute atomic E-state index is 12.9. The van der Waals surface area contributed by atoms with Gasteiger partial charge in [-0.05, 0) is 29.7 Å². The van der Waals surface area contributed by atoms with Crippen molar-refractivity contribution in [3.05, 3.63) is 53.1 Å². The molecule has 0 aliphatic carbocycles. The van der Waals surface area contributed by atoms with Crippen molar-refractivity contribution in [1.82, 2.24) is 18.8 Å². The van der Waals surface area contributed by atoms with Gasteiger partial charge >= 0.3 is 0 Å². The highest BCUT2D eigenvalue weighted by molar-refractivity contribution is 7.89. The van der Waals surface area contributed by atoms with Crippen molar-refractivity contribution >= 4 is 50.3 Å². The lowest BCUT2D eigenvalue weighted by atomic mass is 10.0. The minimum Gasteiger partial charge on any atom is -0.351 e. The van der Waals surface area contributed by atoms with Crippen molar-refractivity contribution in [2.75, 3.05) is 0 Å². The summed E-state index contributed by atoms with van der Waals surface area (Å²) in [6.45, 7) is 3.75. The smallest absolute Gasteiger partial charge is 0.243 e. The Morgan fingerprint density at radius 2 is 1.89 bits per heavy atom. The lowest BCUT2D eigenvalue weighted by Crippen LogP contribution is -2.49. The molecular formula is C18H19ClN4O3S2. The zero-order valence-electron chi connectivity index (χ0n) is 15.2. The Bertz CT molecular complexity index is 1100. The van der Waals surface area contributed by atoms with Gasteiger partial charge in [-0.3, -0.25) is 4.79 Å². The summed E-state index contributed by atoms with van der Waals surface area (Å²) < 4.78 is 36.5. The lowest BCUT2D eigenvalue weighted by molar-refractivity contribution is -0.123. The minimum absolute atomic E-state index is 0.00306. The van der Waals surface area contributed by atoms with E-state index in [1.165, 1.54) is 6.07 Å². The minimum atomic E-state index is -3.97. The number of nitrogens with zero attached hydrogens (tertiary/aromatic N) is 2. The predicted octanol–water partition coefficient (Wildman–Crippen LogP) is 2.96. The van der Waals surface area contributed by atoms with E-state index in [0.29, 0.717) is 16.1 Å². The number of aromatic nitrogens is 2. The third-order valence-electron chi connectivity index (χ3n) is 4.18. The quantitative estimate of drug-likeness (QED) is 0.590. The van der Waals surface area contributed by atoms with E-state index < -0.39 is 22.0 Å². The molecule has 0 fully saturated rings. The van der Waals surface area contributed by atoms with Gasteiger partial charge in [0.2, 0.25) is 15.9 Å². The molecule has 1 heterocycles. The highest BCUT2D eigenvalue weighted by Crippen LogP contribution is 2.22. The van der Waals surface area contributed by atoms with E-state index in [-0.39, 0.29) is 17.4 Å². The van der Waals surface area contributed by atoms with Crippen LogP contribution in [0.2, 0.25) is 5.02 Å². The van der Waals surface area contributed by atoms with E-state index in [4.69, 9.17) is 11.6 Å². The normalized spacial score (nSPS) is 13.0. The number of amides is 1. The second-order valence-electron chi connectivity index (χ2n) is 6.54. The molecule has 28 heavy (non-hydrogen) atoms. The zero-order valence-corrected chi connectivity index (χ0v) is 17.6. The van der Waals surface area contributed by atoms with Crippen LogP contribution < -0.4 is 10.0 Å². The van der Waals surface area contributed by atoms with Crippen LogP contribution in [-0.2, 0) is 21.4 Å². The van der Waals surface area contributed by atoms with Crippen LogP contribution in [0.3, 0.4) is 0 Å². The molecule has 2 aromatic carbocycles. The van der Waals surface area contributed by atoms with Crippen LogP contribution in [0.4, 0.5) is 0 Å². The molecule has 0 radical (unpaired) electrons. The lowest BCUT2D eigenvalue weighted by Gasteiger charge is -2.22. The fourth-order valence-electron chi connectivity index (χ4n) is 2.66. The van der Waals surface area contributed by atoms with Gasteiger partial charge in [0, 0.05) is 11.6 Å². The van der Waals surface area contributed by atoms with Crippen LogP contribution in [0.1, 0.15) is 19.4 Å². The number of benzene rings is 2. The van der Waals surface area contributed by atoms with Gasteiger partial charge in [-0.1, -0.05) is 49.7 Å². The fraction of sp³-hybridized carbons (Fsp3) is 0.278. The zero-order chi connectivity index (χ0) is 20.3. The molecule has 1 amide bonds. The molecule has 0 unspecified atom stereocenters. The van der Waals surface area contributed by atoms with Crippen molar-refractivity contribution in [3.8, 4) is 0 Å². The van der Waals surface area contributed by atoms with Gasteiger partial charge in [0.25, 0.3) is 0 Å². The van der Waals surface area contributed by atoms with Crippen molar-refractivity contribution in [2.24, 2.45) is 5.92 Å². The first-order valence-corrected chi connectivity index (χ1v) is 11.1. The van der Waals surface area contributed by atoms with Gasteiger partial charge in [-0.25, -0.2) is 8.42 Å². The number of halogens is 1. The molecule has 0 spiro atoms. The average Bonchev–Trinajstić information content (AvgIpc) is 3.13. The molecule has 7 nitrogen and oxygen atoms in total. The summed E-state index contributed by atoms with van der Waals surface area (Å²) in [6.07, 6.45) is 0. The Morgan fingerprint density at radius 1 is 1.14 bits per heavy atom. The Morgan fingerprint density at radius 3 is 2.61 bits per heavy atom. The highest BCUT2D eigenvalue weighted by Gasteiger charge is 2.30. The molecule has 0 bridgehead atoms. The molecule has 0 saturated heterocycles. The van der Waals surface area contributed by atoms with Crippen molar-refractivity contribution in [1.29, 1.82) is 0 Å². The summed E-state index contributed by atoms with van der Waals surface area (Å²) in [5.41, 5.74) is 1.54. The summed E-state index contributed by atoms with van der Waals surface area (Å²) in [4.78, 5) is 12.7. The Hall–Kier alpha value is -2.07. The predicted molar refractivity (Wildman–Crippen MR) is 110 cm³/mol. The first-order chi connectivity index (χ1) is 13.3. The van der Waals surface area contributed by atoms with Gasteiger partial charge < -0.3 is 5.32 Å². The molecule has 0 saturated carbocycles. The first-order valence-electron chi connectivity index (χ1n) is 8.54. The van der Waals surface area contributed by atoms with Crippen molar-refractivity contribution in [3.63, 3.8) is 0 Å². The molecule has 3 aromatic rings. The standard InChI is InChI=1S/C18H19ClN4O3S2/c1-11(2)16(18(24)20-10-12-6-3-4-7-13(12)19)23-28(25,26)15-9-5-8-14-17(15)22-27-21-14/h3-9,11,16,23H,10H2,1-2H3,(H,20,24)/t16-/m0/s1. The summed E-state index contributed by atoms with van der Waals surface area (Å²) in [5.74, 6) is -0.698.